The van der Waals surface area contributed by atoms with Gasteiger partial charge in [-0.25, -0.2) is 14.6 Å². The Kier molecular flexibility index (Phi) is 3.17. The van der Waals surface area contributed by atoms with E-state index in [9.17, 15) is 0 Å². The monoisotopic (exact) mass is 289 g/mol. The van der Waals surface area contributed by atoms with Crippen LogP contribution in [-0.4, -0.2) is 34.6 Å². The van der Waals surface area contributed by atoms with Crippen molar-refractivity contribution < 1.29 is 0 Å². The van der Waals surface area contributed by atoms with Crippen LogP contribution in [0.3, 0.4) is 0 Å². The SMILES string of the molecule is CC(C)(C)n1nnnc1SCc1cn2cccnc2n1. The molecule has 0 spiro atoms. The van der Waals surface area contributed by atoms with Crippen LogP contribution in [0.4, 0.5) is 0 Å². The number of aromatic nitrogens is 7. The first-order valence-corrected chi connectivity index (χ1v) is 7.23. The van der Waals surface area contributed by atoms with E-state index in [1.54, 1.807) is 18.0 Å². The maximum atomic E-state index is 4.46. The molecule has 0 aliphatic heterocycles. The van der Waals surface area contributed by atoms with Crippen LogP contribution in [0.2, 0.25) is 0 Å². The predicted octanol–water partition coefficient (Wildman–Crippen LogP) is 1.76. The molecule has 0 saturated heterocycles. The Balaban J connectivity index is 1.78. The maximum Gasteiger partial charge on any atom is 0.233 e. The molecule has 0 atom stereocenters. The van der Waals surface area contributed by atoms with Crippen molar-refractivity contribution in [2.45, 2.75) is 37.2 Å². The number of nitrogens with zero attached hydrogens (tertiary/aromatic N) is 7. The lowest BCUT2D eigenvalue weighted by Crippen LogP contribution is -2.24. The van der Waals surface area contributed by atoms with Gasteiger partial charge in [-0.05, 0) is 37.3 Å². The van der Waals surface area contributed by atoms with E-state index in [1.807, 2.05) is 27.5 Å². The normalized spacial score (nSPS) is 12.2. The molecule has 0 radical (unpaired) electrons. The van der Waals surface area contributed by atoms with Crippen LogP contribution in [0, 0.1) is 0 Å². The number of thioether (sulfide) groups is 1. The molecule has 0 amide bonds. The molecule has 20 heavy (non-hydrogen) atoms. The molecule has 0 aliphatic carbocycles. The summed E-state index contributed by atoms with van der Waals surface area (Å²) in [5.74, 6) is 1.42. The van der Waals surface area contributed by atoms with Gasteiger partial charge in [0.2, 0.25) is 10.9 Å². The lowest BCUT2D eigenvalue weighted by Gasteiger charge is -2.19. The fourth-order valence-corrected chi connectivity index (χ4v) is 2.72. The van der Waals surface area contributed by atoms with Gasteiger partial charge < -0.3 is 0 Å². The Labute approximate surface area is 120 Å². The lowest BCUT2D eigenvalue weighted by atomic mass is 10.1. The molecule has 0 N–H and O–H groups in total. The Hall–Kier alpha value is -1.96. The van der Waals surface area contributed by atoms with Crippen molar-refractivity contribution in [1.82, 2.24) is 34.6 Å². The van der Waals surface area contributed by atoms with E-state index in [-0.39, 0.29) is 5.54 Å². The first-order chi connectivity index (χ1) is 9.54. The molecule has 0 fully saturated rings. The zero-order chi connectivity index (χ0) is 14.2. The summed E-state index contributed by atoms with van der Waals surface area (Å²) >= 11 is 1.57. The second kappa shape index (κ2) is 4.86. The summed E-state index contributed by atoms with van der Waals surface area (Å²) in [4.78, 5) is 8.66. The minimum atomic E-state index is -0.133. The first kappa shape index (κ1) is 13.0. The van der Waals surface area contributed by atoms with Crippen LogP contribution >= 0.6 is 11.8 Å². The van der Waals surface area contributed by atoms with E-state index in [4.69, 9.17) is 0 Å². The molecule has 0 unspecified atom stereocenters. The average molecular weight is 289 g/mol. The number of imidazole rings is 1. The van der Waals surface area contributed by atoms with Gasteiger partial charge >= 0.3 is 0 Å². The summed E-state index contributed by atoms with van der Waals surface area (Å²) in [5.41, 5.74) is 0.823. The van der Waals surface area contributed by atoms with Crippen LogP contribution in [0.5, 0.6) is 0 Å². The van der Waals surface area contributed by atoms with E-state index in [0.29, 0.717) is 11.5 Å². The molecule has 7 nitrogen and oxygen atoms in total. The zero-order valence-electron chi connectivity index (χ0n) is 11.6. The fourth-order valence-electron chi connectivity index (χ4n) is 1.78. The van der Waals surface area contributed by atoms with E-state index >= 15 is 0 Å². The van der Waals surface area contributed by atoms with Gasteiger partial charge in [0, 0.05) is 24.3 Å². The quantitative estimate of drug-likeness (QED) is 0.684. The summed E-state index contributed by atoms with van der Waals surface area (Å²) < 4.78 is 3.73. The number of hydrogen-bond donors (Lipinski definition) is 0. The third-order valence-corrected chi connectivity index (χ3v) is 3.66. The van der Waals surface area contributed by atoms with Gasteiger partial charge in [-0.15, -0.1) is 5.10 Å². The van der Waals surface area contributed by atoms with Crippen LogP contribution in [0.15, 0.2) is 29.8 Å². The van der Waals surface area contributed by atoms with Crippen LogP contribution in [-0.2, 0) is 11.3 Å². The first-order valence-electron chi connectivity index (χ1n) is 6.24. The molecule has 3 aromatic rings. The predicted molar refractivity (Wildman–Crippen MR) is 75.4 cm³/mol. The molecule has 0 bridgehead atoms. The highest BCUT2D eigenvalue weighted by atomic mass is 32.2. The highest BCUT2D eigenvalue weighted by molar-refractivity contribution is 7.98. The van der Waals surface area contributed by atoms with E-state index in [1.165, 1.54) is 0 Å². The maximum absolute atomic E-state index is 4.46. The van der Waals surface area contributed by atoms with E-state index < -0.39 is 0 Å². The Bertz CT molecular complexity index is 692. The van der Waals surface area contributed by atoms with Gasteiger partial charge in [0.15, 0.2) is 0 Å². The van der Waals surface area contributed by atoms with Crippen LogP contribution in [0.1, 0.15) is 26.5 Å². The molecular formula is C12H15N7S. The highest BCUT2D eigenvalue weighted by Gasteiger charge is 2.20. The Morgan fingerprint density at radius 1 is 1.30 bits per heavy atom. The molecule has 8 heteroatoms. The Morgan fingerprint density at radius 3 is 2.90 bits per heavy atom. The van der Waals surface area contributed by atoms with Crippen LogP contribution in [0.25, 0.3) is 5.78 Å². The zero-order valence-corrected chi connectivity index (χ0v) is 12.4. The fraction of sp³-hybridized carbons (Fsp3) is 0.417. The topological polar surface area (TPSA) is 73.8 Å². The van der Waals surface area contributed by atoms with E-state index in [0.717, 1.165) is 10.9 Å². The van der Waals surface area contributed by atoms with Crippen molar-refractivity contribution in [2.75, 3.05) is 0 Å². The molecule has 0 aliphatic rings. The second-order valence-corrected chi connectivity index (χ2v) is 6.33. The number of hydrogen-bond acceptors (Lipinski definition) is 6. The third kappa shape index (κ3) is 2.51. The third-order valence-electron chi connectivity index (χ3n) is 2.71. The Morgan fingerprint density at radius 2 is 2.15 bits per heavy atom. The number of fused-ring (bicyclic) bond motifs is 1. The molecular weight excluding hydrogens is 274 g/mol. The summed E-state index contributed by atoms with van der Waals surface area (Å²) in [7, 11) is 0. The lowest BCUT2D eigenvalue weighted by molar-refractivity contribution is 0.321. The largest absolute Gasteiger partial charge is 0.291 e. The van der Waals surface area contributed by atoms with Crippen molar-refractivity contribution in [3.8, 4) is 0 Å². The van der Waals surface area contributed by atoms with Gasteiger partial charge in [0.25, 0.3) is 0 Å². The van der Waals surface area contributed by atoms with Gasteiger partial charge in [0.05, 0.1) is 11.2 Å². The summed E-state index contributed by atoms with van der Waals surface area (Å²) in [5, 5.41) is 12.6. The number of rotatable bonds is 3. The summed E-state index contributed by atoms with van der Waals surface area (Å²) in [6.07, 6.45) is 5.64. The molecule has 0 aromatic carbocycles. The average Bonchev–Trinajstić information content (AvgIpc) is 3.01. The van der Waals surface area contributed by atoms with E-state index in [2.05, 4.69) is 46.3 Å². The van der Waals surface area contributed by atoms with Crippen molar-refractivity contribution in [2.24, 2.45) is 0 Å². The molecule has 3 rings (SSSR count). The second-order valence-electron chi connectivity index (χ2n) is 5.39. The summed E-state index contributed by atoms with van der Waals surface area (Å²) in [6, 6.07) is 1.88. The van der Waals surface area contributed by atoms with Crippen molar-refractivity contribution in [3.05, 3.63) is 30.4 Å². The minimum absolute atomic E-state index is 0.133. The molecule has 104 valence electrons. The van der Waals surface area contributed by atoms with Gasteiger partial charge in [-0.3, -0.25) is 4.40 Å². The molecule has 0 saturated carbocycles. The van der Waals surface area contributed by atoms with Crippen molar-refractivity contribution >= 4 is 17.5 Å². The van der Waals surface area contributed by atoms with Gasteiger partial charge in [0.1, 0.15) is 0 Å². The van der Waals surface area contributed by atoms with Crippen molar-refractivity contribution in [1.29, 1.82) is 0 Å². The minimum Gasteiger partial charge on any atom is -0.291 e. The van der Waals surface area contributed by atoms with Gasteiger partial charge in [-0.1, -0.05) is 11.8 Å². The van der Waals surface area contributed by atoms with Crippen LogP contribution < -0.4 is 0 Å². The molecule has 3 aromatic heterocycles. The van der Waals surface area contributed by atoms with Gasteiger partial charge in [-0.2, -0.15) is 0 Å². The van der Waals surface area contributed by atoms with Crippen molar-refractivity contribution in [3.63, 3.8) is 0 Å². The number of tetrazole rings is 1. The standard InChI is InChI=1S/C12H15N7S/c1-12(2,3)19-11(15-16-17-19)20-8-9-7-18-6-4-5-13-10(18)14-9/h4-7H,8H2,1-3H3. The molecule has 3 heterocycles. The highest BCUT2D eigenvalue weighted by Crippen LogP contribution is 2.24. The smallest absolute Gasteiger partial charge is 0.233 e. The summed E-state index contributed by atoms with van der Waals surface area (Å²) in [6.45, 7) is 6.22.